The molecule has 2 heterocycles. The molecule has 0 atom stereocenters. The summed E-state index contributed by atoms with van der Waals surface area (Å²) in [4.78, 5) is 17.2. The summed E-state index contributed by atoms with van der Waals surface area (Å²) in [6, 6.07) is 2.56. The molecule has 1 amide bonds. The van der Waals surface area contributed by atoms with Gasteiger partial charge in [-0.2, -0.15) is 0 Å². The van der Waals surface area contributed by atoms with Crippen molar-refractivity contribution < 1.29 is 4.79 Å². The molecule has 5 heteroatoms. The zero-order chi connectivity index (χ0) is 14.8. The Kier molecular flexibility index (Phi) is 4.19. The molecule has 2 fully saturated rings. The number of anilines is 1. The molecule has 1 aliphatic heterocycles. The summed E-state index contributed by atoms with van der Waals surface area (Å²) in [6.45, 7) is 6.51. The van der Waals surface area contributed by atoms with Crippen molar-refractivity contribution >= 4 is 11.6 Å². The van der Waals surface area contributed by atoms with Crippen LogP contribution in [0.2, 0.25) is 0 Å². The number of nitrogens with two attached hydrogens (primary N) is 1. The van der Waals surface area contributed by atoms with Gasteiger partial charge < -0.3 is 15.2 Å². The number of nitrogen functional groups attached to an aromatic ring is 1. The van der Waals surface area contributed by atoms with Crippen molar-refractivity contribution in [2.75, 3.05) is 31.9 Å². The average Bonchev–Trinajstić information content (AvgIpc) is 3.16. The fourth-order valence-electron chi connectivity index (χ4n) is 3.70. The SMILES string of the molecule is CCn1cc(N)cc1C(=O)N1CCN(C2CCCC2)CC1. The number of piperazine rings is 1. The van der Waals surface area contributed by atoms with E-state index in [-0.39, 0.29) is 5.91 Å². The van der Waals surface area contributed by atoms with E-state index < -0.39 is 0 Å². The van der Waals surface area contributed by atoms with Gasteiger partial charge in [-0.3, -0.25) is 9.69 Å². The lowest BCUT2D eigenvalue weighted by molar-refractivity contribution is 0.0563. The van der Waals surface area contributed by atoms with Gasteiger partial charge in [-0.1, -0.05) is 12.8 Å². The first-order valence-electron chi connectivity index (χ1n) is 8.18. The lowest BCUT2D eigenvalue weighted by Crippen LogP contribution is -2.51. The number of hydrogen-bond donors (Lipinski definition) is 1. The van der Waals surface area contributed by atoms with Crippen molar-refractivity contribution in [3.8, 4) is 0 Å². The molecule has 1 aromatic rings. The van der Waals surface area contributed by atoms with E-state index in [1.165, 1.54) is 25.7 Å². The summed E-state index contributed by atoms with van der Waals surface area (Å²) in [6.07, 6.45) is 7.26. The van der Waals surface area contributed by atoms with Crippen molar-refractivity contribution in [1.29, 1.82) is 0 Å². The van der Waals surface area contributed by atoms with Crippen LogP contribution in [0.25, 0.3) is 0 Å². The fraction of sp³-hybridized carbons (Fsp3) is 0.688. The van der Waals surface area contributed by atoms with Crippen LogP contribution in [0.15, 0.2) is 12.3 Å². The highest BCUT2D eigenvalue weighted by atomic mass is 16.2. The summed E-state index contributed by atoms with van der Waals surface area (Å²) in [7, 11) is 0. The van der Waals surface area contributed by atoms with Crippen molar-refractivity contribution in [2.45, 2.75) is 45.2 Å². The Hall–Kier alpha value is -1.49. The van der Waals surface area contributed by atoms with Gasteiger partial charge in [0.25, 0.3) is 5.91 Å². The summed E-state index contributed by atoms with van der Waals surface area (Å²) in [5.41, 5.74) is 7.22. The molecule has 0 aromatic carbocycles. The Balaban J connectivity index is 1.62. The first kappa shape index (κ1) is 14.4. The molecule has 3 rings (SSSR count). The normalized spacial score (nSPS) is 21.1. The highest BCUT2D eigenvalue weighted by Gasteiger charge is 2.29. The van der Waals surface area contributed by atoms with Crippen LogP contribution in [-0.2, 0) is 6.54 Å². The van der Waals surface area contributed by atoms with Gasteiger partial charge in [0.1, 0.15) is 5.69 Å². The predicted molar refractivity (Wildman–Crippen MR) is 84.3 cm³/mol. The third kappa shape index (κ3) is 2.93. The topological polar surface area (TPSA) is 54.5 Å². The smallest absolute Gasteiger partial charge is 0.270 e. The largest absolute Gasteiger partial charge is 0.397 e. The first-order valence-corrected chi connectivity index (χ1v) is 8.18. The van der Waals surface area contributed by atoms with Gasteiger partial charge >= 0.3 is 0 Å². The molecule has 1 aromatic heterocycles. The number of rotatable bonds is 3. The minimum atomic E-state index is 0.125. The summed E-state index contributed by atoms with van der Waals surface area (Å²) >= 11 is 0. The molecule has 116 valence electrons. The predicted octanol–water partition coefficient (Wildman–Crippen LogP) is 1.79. The van der Waals surface area contributed by atoms with Gasteiger partial charge in [0.15, 0.2) is 0 Å². The maximum Gasteiger partial charge on any atom is 0.270 e. The zero-order valence-corrected chi connectivity index (χ0v) is 12.9. The van der Waals surface area contributed by atoms with Gasteiger partial charge in [-0.05, 0) is 25.8 Å². The molecule has 0 bridgehead atoms. The zero-order valence-electron chi connectivity index (χ0n) is 12.9. The van der Waals surface area contributed by atoms with Crippen molar-refractivity contribution in [3.05, 3.63) is 18.0 Å². The van der Waals surface area contributed by atoms with E-state index in [2.05, 4.69) is 4.90 Å². The van der Waals surface area contributed by atoms with Crippen LogP contribution in [0, 0.1) is 0 Å². The lowest BCUT2D eigenvalue weighted by atomic mass is 10.1. The van der Waals surface area contributed by atoms with Gasteiger partial charge in [-0.25, -0.2) is 0 Å². The fourth-order valence-corrected chi connectivity index (χ4v) is 3.70. The molecule has 2 aliphatic rings. The van der Waals surface area contributed by atoms with E-state index in [0.29, 0.717) is 5.69 Å². The van der Waals surface area contributed by atoms with E-state index in [1.54, 1.807) is 6.07 Å². The molecule has 1 saturated carbocycles. The van der Waals surface area contributed by atoms with Crippen molar-refractivity contribution in [2.24, 2.45) is 0 Å². The Bertz CT molecular complexity index is 496. The maximum absolute atomic E-state index is 12.7. The number of amides is 1. The molecular weight excluding hydrogens is 264 g/mol. The second-order valence-corrected chi connectivity index (χ2v) is 6.21. The highest BCUT2D eigenvalue weighted by Crippen LogP contribution is 2.24. The van der Waals surface area contributed by atoms with Gasteiger partial charge in [0, 0.05) is 45.0 Å². The van der Waals surface area contributed by atoms with Crippen LogP contribution in [0.1, 0.15) is 43.1 Å². The Morgan fingerprint density at radius 1 is 1.24 bits per heavy atom. The van der Waals surface area contributed by atoms with Crippen LogP contribution in [0.4, 0.5) is 5.69 Å². The van der Waals surface area contributed by atoms with Gasteiger partial charge in [0.05, 0.1) is 5.69 Å². The molecule has 2 N–H and O–H groups in total. The third-order valence-corrected chi connectivity index (χ3v) is 4.92. The average molecular weight is 290 g/mol. The van der Waals surface area contributed by atoms with Crippen molar-refractivity contribution in [1.82, 2.24) is 14.4 Å². The van der Waals surface area contributed by atoms with Gasteiger partial charge in [0.2, 0.25) is 0 Å². The Morgan fingerprint density at radius 2 is 1.90 bits per heavy atom. The maximum atomic E-state index is 12.7. The molecule has 5 nitrogen and oxygen atoms in total. The number of aromatic nitrogens is 1. The molecular formula is C16H26N4O. The van der Waals surface area contributed by atoms with Crippen LogP contribution >= 0.6 is 0 Å². The van der Waals surface area contributed by atoms with Crippen molar-refractivity contribution in [3.63, 3.8) is 0 Å². The van der Waals surface area contributed by atoms with E-state index >= 15 is 0 Å². The number of nitrogens with zero attached hydrogens (tertiary/aromatic N) is 3. The van der Waals surface area contributed by atoms with E-state index in [9.17, 15) is 4.79 Å². The highest BCUT2D eigenvalue weighted by molar-refractivity contribution is 5.94. The minimum absolute atomic E-state index is 0.125. The van der Waals surface area contributed by atoms with E-state index in [0.717, 1.165) is 44.5 Å². The molecule has 1 aliphatic carbocycles. The van der Waals surface area contributed by atoms with E-state index in [4.69, 9.17) is 5.73 Å². The number of aryl methyl sites for hydroxylation is 1. The number of hydrogen-bond acceptors (Lipinski definition) is 3. The van der Waals surface area contributed by atoms with Gasteiger partial charge in [-0.15, -0.1) is 0 Å². The van der Waals surface area contributed by atoms with E-state index in [1.807, 2.05) is 22.6 Å². The Labute approximate surface area is 126 Å². The second kappa shape index (κ2) is 6.10. The molecule has 0 radical (unpaired) electrons. The molecule has 0 unspecified atom stereocenters. The Morgan fingerprint density at radius 3 is 2.52 bits per heavy atom. The standard InChI is InChI=1S/C16H26N4O/c1-2-18-12-13(17)11-15(18)16(21)20-9-7-19(8-10-20)14-5-3-4-6-14/h11-12,14H,2-10,17H2,1H3. The van der Waals surface area contributed by atoms with Crippen LogP contribution < -0.4 is 5.73 Å². The summed E-state index contributed by atoms with van der Waals surface area (Å²) < 4.78 is 1.95. The number of carbonyl (C=O) groups excluding carboxylic acids is 1. The monoisotopic (exact) mass is 290 g/mol. The summed E-state index contributed by atoms with van der Waals surface area (Å²) in [5.74, 6) is 0.125. The number of carbonyl (C=O) groups is 1. The minimum Gasteiger partial charge on any atom is -0.397 e. The third-order valence-electron chi connectivity index (χ3n) is 4.92. The quantitative estimate of drug-likeness (QED) is 0.923. The molecule has 21 heavy (non-hydrogen) atoms. The molecule has 0 spiro atoms. The lowest BCUT2D eigenvalue weighted by Gasteiger charge is -2.38. The van der Waals surface area contributed by atoms with Crippen LogP contribution in [-0.4, -0.2) is 52.5 Å². The molecule has 1 saturated heterocycles. The van der Waals surface area contributed by atoms with Crippen LogP contribution in [0.5, 0.6) is 0 Å². The van der Waals surface area contributed by atoms with Crippen LogP contribution in [0.3, 0.4) is 0 Å². The second-order valence-electron chi connectivity index (χ2n) is 6.21. The summed E-state index contributed by atoms with van der Waals surface area (Å²) in [5, 5.41) is 0. The first-order chi connectivity index (χ1) is 10.2.